The van der Waals surface area contributed by atoms with Crippen molar-refractivity contribution in [2.24, 2.45) is 11.8 Å². The van der Waals surface area contributed by atoms with E-state index in [0.29, 0.717) is 12.5 Å². The van der Waals surface area contributed by atoms with E-state index in [1.807, 2.05) is 42.5 Å². The Morgan fingerprint density at radius 2 is 1.70 bits per heavy atom. The molecule has 2 heterocycles. The zero-order chi connectivity index (χ0) is 20.8. The molecule has 160 valence electrons. The van der Waals surface area contributed by atoms with Gasteiger partial charge in [-0.15, -0.1) is 0 Å². The lowest BCUT2D eigenvalue weighted by Gasteiger charge is -2.38. The first-order chi connectivity index (χ1) is 14.7. The summed E-state index contributed by atoms with van der Waals surface area (Å²) in [5.41, 5.74) is 1.90. The van der Waals surface area contributed by atoms with Crippen LogP contribution in [0.4, 0.5) is 0 Å². The van der Waals surface area contributed by atoms with Gasteiger partial charge in [-0.3, -0.25) is 4.79 Å². The lowest BCUT2D eigenvalue weighted by molar-refractivity contribution is 0.0622. The van der Waals surface area contributed by atoms with Crippen molar-refractivity contribution in [1.29, 1.82) is 0 Å². The molecule has 4 nitrogen and oxygen atoms in total. The Morgan fingerprint density at radius 1 is 0.967 bits per heavy atom. The number of benzene rings is 2. The highest BCUT2D eigenvalue weighted by Gasteiger charge is 2.27. The number of rotatable bonds is 6. The van der Waals surface area contributed by atoms with E-state index < -0.39 is 0 Å². The van der Waals surface area contributed by atoms with Crippen molar-refractivity contribution < 1.29 is 9.53 Å². The first-order valence-electron chi connectivity index (χ1n) is 11.5. The van der Waals surface area contributed by atoms with Crippen molar-refractivity contribution in [2.45, 2.75) is 39.2 Å². The minimum absolute atomic E-state index is 0.154. The second-order valence-electron chi connectivity index (χ2n) is 9.04. The van der Waals surface area contributed by atoms with Gasteiger partial charge < -0.3 is 14.5 Å². The predicted octanol–water partition coefficient (Wildman–Crippen LogP) is 4.85. The molecular formula is C26H34N2O2. The van der Waals surface area contributed by atoms with Crippen molar-refractivity contribution >= 4 is 5.91 Å². The van der Waals surface area contributed by atoms with Gasteiger partial charge in [-0.25, -0.2) is 0 Å². The molecule has 0 spiro atoms. The smallest absolute Gasteiger partial charge is 0.253 e. The maximum absolute atomic E-state index is 13.0. The number of hydrogen-bond donors (Lipinski definition) is 0. The number of amides is 1. The van der Waals surface area contributed by atoms with Crippen LogP contribution in [0.2, 0.25) is 0 Å². The molecule has 1 unspecified atom stereocenters. The van der Waals surface area contributed by atoms with E-state index in [4.69, 9.17) is 4.74 Å². The molecule has 2 aliphatic heterocycles. The Kier molecular flexibility index (Phi) is 7.06. The fourth-order valence-corrected chi connectivity index (χ4v) is 4.63. The first-order valence-corrected chi connectivity index (χ1v) is 11.5. The van der Waals surface area contributed by atoms with Crippen LogP contribution in [0.15, 0.2) is 54.6 Å². The average molecular weight is 407 g/mol. The molecule has 2 saturated heterocycles. The molecule has 0 aromatic heterocycles. The topological polar surface area (TPSA) is 32.8 Å². The van der Waals surface area contributed by atoms with E-state index in [-0.39, 0.29) is 5.91 Å². The van der Waals surface area contributed by atoms with Crippen LogP contribution in [-0.4, -0.2) is 48.4 Å². The van der Waals surface area contributed by atoms with E-state index >= 15 is 0 Å². The van der Waals surface area contributed by atoms with E-state index in [2.05, 4.69) is 28.9 Å². The summed E-state index contributed by atoms with van der Waals surface area (Å²) >= 11 is 0. The largest absolute Gasteiger partial charge is 0.489 e. The molecule has 4 rings (SSSR count). The van der Waals surface area contributed by atoms with Crippen molar-refractivity contribution in [3.63, 3.8) is 0 Å². The van der Waals surface area contributed by atoms with Gasteiger partial charge in [0.2, 0.25) is 0 Å². The van der Waals surface area contributed by atoms with Crippen LogP contribution in [0.1, 0.15) is 48.5 Å². The number of hydrogen-bond acceptors (Lipinski definition) is 3. The summed E-state index contributed by atoms with van der Waals surface area (Å²) in [5, 5.41) is 0. The third kappa shape index (κ3) is 5.63. The van der Waals surface area contributed by atoms with Gasteiger partial charge in [0.05, 0.1) is 0 Å². The van der Waals surface area contributed by atoms with Crippen LogP contribution in [0.25, 0.3) is 0 Å². The summed E-state index contributed by atoms with van der Waals surface area (Å²) in [6.45, 7) is 8.23. The number of piperidine rings is 2. The van der Waals surface area contributed by atoms with Gasteiger partial charge in [0.1, 0.15) is 12.4 Å². The van der Waals surface area contributed by atoms with Crippen LogP contribution in [0.5, 0.6) is 5.75 Å². The van der Waals surface area contributed by atoms with Gasteiger partial charge in [0.25, 0.3) is 5.91 Å². The zero-order valence-electron chi connectivity index (χ0n) is 18.1. The standard InChI is InChI=1S/C26H34N2O2/c1-21-13-16-27(17-14-21)18-23-8-5-15-28(19-23)26(29)24-9-11-25(12-10-24)30-20-22-6-3-2-4-7-22/h2-4,6-7,9-12,21,23H,5,8,13-20H2,1H3. The third-order valence-corrected chi connectivity index (χ3v) is 6.55. The molecule has 30 heavy (non-hydrogen) atoms. The first kappa shape index (κ1) is 20.9. The number of nitrogens with zero attached hydrogens (tertiary/aromatic N) is 2. The summed E-state index contributed by atoms with van der Waals surface area (Å²) in [5.74, 6) is 2.42. The molecule has 0 aliphatic carbocycles. The fraction of sp³-hybridized carbons (Fsp3) is 0.500. The lowest BCUT2D eigenvalue weighted by atomic mass is 9.94. The second-order valence-corrected chi connectivity index (χ2v) is 9.04. The quantitative estimate of drug-likeness (QED) is 0.687. The van der Waals surface area contributed by atoms with Gasteiger partial charge in [0.15, 0.2) is 0 Å². The van der Waals surface area contributed by atoms with Crippen LogP contribution >= 0.6 is 0 Å². The molecule has 0 saturated carbocycles. The Bertz CT molecular complexity index is 798. The molecule has 0 N–H and O–H groups in total. The Labute approximate surface area is 180 Å². The predicted molar refractivity (Wildman–Crippen MR) is 121 cm³/mol. The van der Waals surface area contributed by atoms with Crippen LogP contribution in [0, 0.1) is 11.8 Å². The summed E-state index contributed by atoms with van der Waals surface area (Å²) in [6, 6.07) is 17.7. The van der Waals surface area contributed by atoms with E-state index in [9.17, 15) is 4.79 Å². The molecule has 2 aromatic rings. The van der Waals surface area contributed by atoms with Crippen molar-refractivity contribution in [2.75, 3.05) is 32.7 Å². The minimum atomic E-state index is 0.154. The molecule has 1 amide bonds. The molecule has 1 atom stereocenters. The second kappa shape index (κ2) is 10.1. The van der Waals surface area contributed by atoms with Gasteiger partial charge in [-0.1, -0.05) is 37.3 Å². The van der Waals surface area contributed by atoms with Gasteiger partial charge in [-0.2, -0.15) is 0 Å². The SMILES string of the molecule is CC1CCN(CC2CCCN(C(=O)c3ccc(OCc4ccccc4)cc3)C2)CC1. The van der Waals surface area contributed by atoms with Crippen LogP contribution in [-0.2, 0) is 6.61 Å². The number of carbonyl (C=O) groups is 1. The normalized spacial score (nSPS) is 20.8. The van der Waals surface area contributed by atoms with Crippen molar-refractivity contribution in [3.05, 3.63) is 65.7 Å². The number of carbonyl (C=O) groups excluding carboxylic acids is 1. The molecular weight excluding hydrogens is 372 g/mol. The van der Waals surface area contributed by atoms with E-state index in [1.54, 1.807) is 0 Å². The zero-order valence-corrected chi connectivity index (χ0v) is 18.1. The summed E-state index contributed by atoms with van der Waals surface area (Å²) in [6.07, 6.45) is 4.98. The molecule has 2 aromatic carbocycles. The lowest BCUT2D eigenvalue weighted by Crippen LogP contribution is -2.45. The van der Waals surface area contributed by atoms with Crippen LogP contribution in [0.3, 0.4) is 0 Å². The molecule has 0 bridgehead atoms. The summed E-state index contributed by atoms with van der Waals surface area (Å²) in [7, 11) is 0. The highest BCUT2D eigenvalue weighted by Crippen LogP contribution is 2.23. The maximum atomic E-state index is 13.0. The highest BCUT2D eigenvalue weighted by molar-refractivity contribution is 5.94. The third-order valence-electron chi connectivity index (χ3n) is 6.55. The Balaban J connectivity index is 1.28. The minimum Gasteiger partial charge on any atom is -0.489 e. The molecule has 2 fully saturated rings. The number of ether oxygens (including phenoxy) is 1. The Morgan fingerprint density at radius 3 is 2.43 bits per heavy atom. The van der Waals surface area contributed by atoms with Crippen molar-refractivity contribution in [1.82, 2.24) is 9.80 Å². The molecule has 0 radical (unpaired) electrons. The van der Waals surface area contributed by atoms with Gasteiger partial charge in [-0.05, 0) is 80.4 Å². The average Bonchev–Trinajstić information content (AvgIpc) is 2.80. The van der Waals surface area contributed by atoms with E-state index in [1.165, 1.54) is 32.4 Å². The number of likely N-dealkylation sites (tertiary alicyclic amines) is 2. The van der Waals surface area contributed by atoms with E-state index in [0.717, 1.165) is 48.8 Å². The molecule has 4 heteroatoms. The summed E-state index contributed by atoms with van der Waals surface area (Å²) in [4.78, 5) is 17.7. The van der Waals surface area contributed by atoms with Crippen LogP contribution < -0.4 is 4.74 Å². The Hall–Kier alpha value is -2.33. The maximum Gasteiger partial charge on any atom is 0.253 e. The molecule has 2 aliphatic rings. The monoisotopic (exact) mass is 406 g/mol. The fourth-order valence-electron chi connectivity index (χ4n) is 4.63. The van der Waals surface area contributed by atoms with Crippen molar-refractivity contribution in [3.8, 4) is 5.75 Å². The van der Waals surface area contributed by atoms with Gasteiger partial charge in [0, 0.05) is 25.2 Å². The summed E-state index contributed by atoms with van der Waals surface area (Å²) < 4.78 is 5.85. The highest BCUT2D eigenvalue weighted by atomic mass is 16.5. The van der Waals surface area contributed by atoms with Gasteiger partial charge >= 0.3 is 0 Å².